The number of carbonyl (C=O) groups is 1. The number of aliphatic imine (C=N–C) groups is 1. The van der Waals surface area contributed by atoms with Crippen molar-refractivity contribution in [2.24, 2.45) is 4.99 Å². The summed E-state index contributed by atoms with van der Waals surface area (Å²) in [5, 5.41) is 3.87. The van der Waals surface area contributed by atoms with Crippen LogP contribution in [0.2, 0.25) is 5.02 Å². The lowest BCUT2D eigenvalue weighted by molar-refractivity contribution is -0.115. The Morgan fingerprint density at radius 2 is 1.91 bits per heavy atom. The summed E-state index contributed by atoms with van der Waals surface area (Å²) in [7, 11) is 0. The molecule has 0 aromatic heterocycles. The van der Waals surface area contributed by atoms with E-state index in [9.17, 15) is 9.18 Å². The normalized spacial score (nSPS) is 15.5. The highest BCUT2D eigenvalue weighted by Gasteiger charge is 2.25. The van der Waals surface area contributed by atoms with Crippen molar-refractivity contribution in [2.45, 2.75) is 20.5 Å². The number of hydrogen-bond donors (Lipinski definition) is 1. The minimum atomic E-state index is -0.333. The van der Waals surface area contributed by atoms with Crippen LogP contribution in [0, 0.1) is 12.7 Å². The number of ether oxygens (including phenoxy) is 2. The molecule has 0 spiro atoms. The highest BCUT2D eigenvalue weighted by molar-refractivity contribution is 9.10. The predicted molar refractivity (Wildman–Crippen MR) is 143 cm³/mol. The van der Waals surface area contributed by atoms with Gasteiger partial charge in [-0.15, -0.1) is 0 Å². The molecule has 0 radical (unpaired) electrons. The van der Waals surface area contributed by atoms with Crippen molar-refractivity contribution < 1.29 is 18.7 Å². The summed E-state index contributed by atoms with van der Waals surface area (Å²) in [6.07, 6.45) is 1.75. The van der Waals surface area contributed by atoms with Gasteiger partial charge in [0.05, 0.1) is 17.2 Å². The van der Waals surface area contributed by atoms with E-state index in [2.05, 4.69) is 26.2 Å². The highest BCUT2D eigenvalue weighted by atomic mass is 79.9. The van der Waals surface area contributed by atoms with E-state index < -0.39 is 0 Å². The number of nitrogens with one attached hydrogen (secondary N) is 1. The van der Waals surface area contributed by atoms with E-state index in [1.165, 1.54) is 17.8 Å². The molecule has 1 aliphatic rings. The summed E-state index contributed by atoms with van der Waals surface area (Å²) in [4.78, 5) is 17.6. The number of benzene rings is 3. The molecule has 0 aliphatic carbocycles. The van der Waals surface area contributed by atoms with E-state index in [0.717, 1.165) is 11.1 Å². The van der Waals surface area contributed by atoms with Crippen molar-refractivity contribution >= 4 is 62.1 Å². The molecule has 0 unspecified atom stereocenters. The molecule has 5 nitrogen and oxygen atoms in total. The smallest absolute Gasteiger partial charge is 0.264 e. The molecule has 3 aromatic rings. The summed E-state index contributed by atoms with van der Waals surface area (Å²) in [6, 6.07) is 15.4. The van der Waals surface area contributed by atoms with Gasteiger partial charge in [0, 0.05) is 15.1 Å². The molecule has 9 heteroatoms. The molecule has 3 aromatic carbocycles. The number of thioether (sulfide) groups is 1. The lowest BCUT2D eigenvalue weighted by atomic mass is 10.1. The van der Waals surface area contributed by atoms with Gasteiger partial charge >= 0.3 is 0 Å². The van der Waals surface area contributed by atoms with Crippen LogP contribution < -0.4 is 14.8 Å². The van der Waals surface area contributed by atoms with Gasteiger partial charge in [-0.1, -0.05) is 51.8 Å². The Labute approximate surface area is 220 Å². The first kappa shape index (κ1) is 25.3. The summed E-state index contributed by atoms with van der Waals surface area (Å²) >= 11 is 11.0. The van der Waals surface area contributed by atoms with Crippen LogP contribution in [-0.2, 0) is 11.4 Å². The van der Waals surface area contributed by atoms with Crippen LogP contribution in [-0.4, -0.2) is 17.7 Å². The van der Waals surface area contributed by atoms with Gasteiger partial charge in [-0.2, -0.15) is 0 Å². The van der Waals surface area contributed by atoms with Crippen LogP contribution in [0.4, 0.5) is 10.1 Å². The van der Waals surface area contributed by atoms with Crippen molar-refractivity contribution in [3.63, 3.8) is 0 Å². The number of halogens is 3. The number of hydrogen-bond acceptors (Lipinski definition) is 5. The van der Waals surface area contributed by atoms with Gasteiger partial charge < -0.3 is 14.8 Å². The molecule has 0 bridgehead atoms. The molecule has 1 amide bonds. The average molecular weight is 576 g/mol. The van der Waals surface area contributed by atoms with E-state index >= 15 is 0 Å². The van der Waals surface area contributed by atoms with E-state index in [0.29, 0.717) is 48.9 Å². The number of carbonyl (C=O) groups excluding carboxylic acids is 1. The molecule has 35 heavy (non-hydrogen) atoms. The zero-order valence-corrected chi connectivity index (χ0v) is 22.1. The molecule has 180 valence electrons. The first-order valence-corrected chi connectivity index (χ1v) is 12.7. The number of rotatable bonds is 7. The van der Waals surface area contributed by atoms with Gasteiger partial charge in [-0.3, -0.25) is 4.79 Å². The number of amidine groups is 1. The van der Waals surface area contributed by atoms with Crippen molar-refractivity contribution in [1.82, 2.24) is 5.32 Å². The first-order chi connectivity index (χ1) is 16.9. The van der Waals surface area contributed by atoms with Crippen LogP contribution >= 0.6 is 39.3 Å². The Morgan fingerprint density at radius 3 is 2.69 bits per heavy atom. The zero-order chi connectivity index (χ0) is 24.9. The van der Waals surface area contributed by atoms with Gasteiger partial charge in [0.15, 0.2) is 16.7 Å². The Kier molecular flexibility index (Phi) is 8.15. The van der Waals surface area contributed by atoms with Crippen molar-refractivity contribution in [2.75, 3.05) is 6.61 Å². The van der Waals surface area contributed by atoms with Crippen LogP contribution in [0.25, 0.3) is 6.08 Å². The second-order valence-corrected chi connectivity index (χ2v) is 9.79. The fraction of sp³-hybridized carbons (Fsp3) is 0.154. The lowest BCUT2D eigenvalue weighted by Crippen LogP contribution is -2.19. The lowest BCUT2D eigenvalue weighted by Gasteiger charge is -2.14. The summed E-state index contributed by atoms with van der Waals surface area (Å²) < 4.78 is 26.3. The van der Waals surface area contributed by atoms with Crippen molar-refractivity contribution in [1.29, 1.82) is 0 Å². The van der Waals surface area contributed by atoms with E-state index in [-0.39, 0.29) is 18.3 Å². The molecule has 0 atom stereocenters. The van der Waals surface area contributed by atoms with Gasteiger partial charge in [0.2, 0.25) is 0 Å². The van der Waals surface area contributed by atoms with Gasteiger partial charge in [0.25, 0.3) is 5.91 Å². The van der Waals surface area contributed by atoms with Crippen LogP contribution in [0.3, 0.4) is 0 Å². The quantitative estimate of drug-likeness (QED) is 0.298. The molecule has 1 saturated heterocycles. The largest absolute Gasteiger partial charge is 0.490 e. The van der Waals surface area contributed by atoms with Crippen molar-refractivity contribution in [3.05, 3.63) is 91.5 Å². The zero-order valence-electron chi connectivity index (χ0n) is 18.9. The summed E-state index contributed by atoms with van der Waals surface area (Å²) in [5.74, 6) is 0.371. The third-order valence-corrected chi connectivity index (χ3v) is 7.11. The van der Waals surface area contributed by atoms with Crippen LogP contribution in [0.1, 0.15) is 23.6 Å². The van der Waals surface area contributed by atoms with Gasteiger partial charge in [-0.25, -0.2) is 9.38 Å². The summed E-state index contributed by atoms with van der Waals surface area (Å²) in [5.41, 5.74) is 2.70. The Balaban J connectivity index is 1.58. The van der Waals surface area contributed by atoms with Gasteiger partial charge in [-0.05, 0) is 73.1 Å². The Morgan fingerprint density at radius 1 is 1.14 bits per heavy atom. The van der Waals surface area contributed by atoms with E-state index in [4.69, 9.17) is 21.1 Å². The second-order valence-electron chi connectivity index (χ2n) is 7.50. The molecular formula is C26H21BrClFN2O3S. The predicted octanol–water partition coefficient (Wildman–Crippen LogP) is 7.42. The molecule has 1 fully saturated rings. The second kappa shape index (κ2) is 11.3. The number of amides is 1. The standard InChI is InChI=1S/C26H21BrClFN2O3S/c1-3-33-22-11-17(18(27)13-23(22)34-14-16-7-4-5-9-20(16)29)12-24-25(32)31-26(35-24)30-21-10-6-8-19(28)15(21)2/h4-13H,3,14H2,1-2H3,(H,30,31,32)/b24-12+. The average Bonchev–Trinajstić information content (AvgIpc) is 3.17. The Hall–Kier alpha value is -2.81. The van der Waals surface area contributed by atoms with Gasteiger partial charge in [0.1, 0.15) is 12.4 Å². The monoisotopic (exact) mass is 574 g/mol. The maximum Gasteiger partial charge on any atom is 0.264 e. The topological polar surface area (TPSA) is 59.9 Å². The third kappa shape index (κ3) is 6.07. The van der Waals surface area contributed by atoms with Crippen LogP contribution in [0.15, 0.2) is 69.0 Å². The molecule has 1 aliphatic heterocycles. The minimum absolute atomic E-state index is 0.0562. The molecule has 0 saturated carbocycles. The fourth-order valence-corrected chi connectivity index (χ4v) is 4.69. The van der Waals surface area contributed by atoms with Crippen LogP contribution in [0.5, 0.6) is 11.5 Å². The first-order valence-electron chi connectivity index (χ1n) is 10.7. The third-order valence-electron chi connectivity index (χ3n) is 5.10. The molecule has 1 heterocycles. The van der Waals surface area contributed by atoms with E-state index in [1.807, 2.05) is 26.0 Å². The molecular weight excluding hydrogens is 555 g/mol. The number of nitrogens with zero attached hydrogens (tertiary/aromatic N) is 1. The fourth-order valence-electron chi connectivity index (χ4n) is 3.26. The summed E-state index contributed by atoms with van der Waals surface area (Å²) in [6.45, 7) is 4.21. The SMILES string of the molecule is CCOc1cc(/C=C2/SC(=Nc3cccc(Cl)c3C)NC2=O)c(Br)cc1OCc1ccccc1F. The maximum atomic E-state index is 14.0. The Bertz CT molecular complexity index is 1350. The molecule has 1 N–H and O–H groups in total. The van der Waals surface area contributed by atoms with Crippen molar-refractivity contribution in [3.8, 4) is 11.5 Å². The minimum Gasteiger partial charge on any atom is -0.490 e. The maximum absolute atomic E-state index is 14.0. The highest BCUT2D eigenvalue weighted by Crippen LogP contribution is 2.37. The van der Waals surface area contributed by atoms with E-state index in [1.54, 1.807) is 42.5 Å². The molecule has 4 rings (SSSR count).